The van der Waals surface area contributed by atoms with Gasteiger partial charge in [0.25, 0.3) is 0 Å². The molecule has 0 unspecified atom stereocenters. The summed E-state index contributed by atoms with van der Waals surface area (Å²) in [6.07, 6.45) is 0. The molecule has 0 aliphatic carbocycles. The minimum absolute atomic E-state index is 0.0171. The predicted octanol–water partition coefficient (Wildman–Crippen LogP) is 1.19. The zero-order chi connectivity index (χ0) is 11.4. The van der Waals surface area contributed by atoms with Gasteiger partial charge in [-0.2, -0.15) is 0 Å². The van der Waals surface area contributed by atoms with Crippen LogP contribution in [-0.2, 0) is 0 Å². The maximum atomic E-state index is 8.65. The van der Waals surface area contributed by atoms with E-state index in [0.717, 1.165) is 11.3 Å². The highest BCUT2D eigenvalue weighted by Crippen LogP contribution is 2.20. The van der Waals surface area contributed by atoms with Crippen molar-refractivity contribution < 1.29 is 9.94 Å². The van der Waals surface area contributed by atoms with Crippen LogP contribution in [0.2, 0.25) is 0 Å². The number of aromatic nitrogens is 1. The van der Waals surface area contributed by atoms with Crippen molar-refractivity contribution in [2.75, 3.05) is 6.61 Å². The van der Waals surface area contributed by atoms with E-state index in [0.29, 0.717) is 18.1 Å². The van der Waals surface area contributed by atoms with E-state index < -0.39 is 0 Å². The summed E-state index contributed by atoms with van der Waals surface area (Å²) in [5.41, 5.74) is 7.82. The molecular formula is C10H15N3O2. The fraction of sp³-hybridized carbons (Fsp3) is 0.400. The number of pyridine rings is 1. The van der Waals surface area contributed by atoms with E-state index in [1.165, 1.54) is 0 Å². The van der Waals surface area contributed by atoms with Crippen molar-refractivity contribution >= 4 is 5.84 Å². The lowest BCUT2D eigenvalue weighted by Crippen LogP contribution is -2.17. The number of rotatable bonds is 3. The SMILES string of the molecule is CCOc1nc(C)cc(C)c1/C(N)=N/O. The van der Waals surface area contributed by atoms with Crippen LogP contribution in [0.15, 0.2) is 11.2 Å². The number of nitrogens with two attached hydrogens (primary N) is 1. The first-order chi connectivity index (χ1) is 7.10. The Balaban J connectivity index is 3.33. The van der Waals surface area contributed by atoms with Crippen LogP contribution in [0.3, 0.4) is 0 Å². The third kappa shape index (κ3) is 2.37. The summed E-state index contributed by atoms with van der Waals surface area (Å²) in [7, 11) is 0. The van der Waals surface area contributed by atoms with Gasteiger partial charge >= 0.3 is 0 Å². The van der Waals surface area contributed by atoms with Crippen molar-refractivity contribution in [3.8, 4) is 5.88 Å². The zero-order valence-corrected chi connectivity index (χ0v) is 9.11. The van der Waals surface area contributed by atoms with Crippen molar-refractivity contribution in [2.24, 2.45) is 10.9 Å². The lowest BCUT2D eigenvalue weighted by Gasteiger charge is -2.11. The first kappa shape index (κ1) is 11.3. The Labute approximate surface area is 88.6 Å². The van der Waals surface area contributed by atoms with Gasteiger partial charge in [0, 0.05) is 5.69 Å². The maximum Gasteiger partial charge on any atom is 0.225 e. The number of aryl methyl sites for hydroxylation is 2. The van der Waals surface area contributed by atoms with Crippen LogP contribution in [0.25, 0.3) is 0 Å². The molecule has 82 valence electrons. The normalized spacial score (nSPS) is 11.5. The van der Waals surface area contributed by atoms with E-state index in [2.05, 4.69) is 10.1 Å². The summed E-state index contributed by atoms with van der Waals surface area (Å²) in [5.74, 6) is 0.425. The topological polar surface area (TPSA) is 80.7 Å². The average Bonchev–Trinajstić information content (AvgIpc) is 2.16. The second kappa shape index (κ2) is 4.63. The highest BCUT2D eigenvalue weighted by atomic mass is 16.5. The highest BCUT2D eigenvalue weighted by molar-refractivity contribution is 6.00. The molecule has 0 fully saturated rings. The molecule has 1 heterocycles. The van der Waals surface area contributed by atoms with Crippen LogP contribution in [-0.4, -0.2) is 22.6 Å². The van der Waals surface area contributed by atoms with Crippen LogP contribution in [0.1, 0.15) is 23.7 Å². The number of ether oxygens (including phenoxy) is 1. The van der Waals surface area contributed by atoms with E-state index >= 15 is 0 Å². The molecule has 0 saturated heterocycles. The van der Waals surface area contributed by atoms with Gasteiger partial charge in [0.1, 0.15) is 0 Å². The molecular weight excluding hydrogens is 194 g/mol. The Morgan fingerprint density at radius 2 is 2.27 bits per heavy atom. The molecule has 1 aromatic rings. The van der Waals surface area contributed by atoms with Crippen LogP contribution in [0, 0.1) is 13.8 Å². The maximum absolute atomic E-state index is 8.65. The Kier molecular flexibility index (Phi) is 3.49. The van der Waals surface area contributed by atoms with Crippen molar-refractivity contribution in [1.29, 1.82) is 0 Å². The summed E-state index contributed by atoms with van der Waals surface area (Å²) in [4.78, 5) is 4.20. The lowest BCUT2D eigenvalue weighted by atomic mass is 10.1. The molecule has 0 atom stereocenters. The number of nitrogens with zero attached hydrogens (tertiary/aromatic N) is 2. The van der Waals surface area contributed by atoms with E-state index in [-0.39, 0.29) is 5.84 Å². The van der Waals surface area contributed by atoms with Crippen LogP contribution in [0.4, 0.5) is 0 Å². The molecule has 0 aromatic carbocycles. The second-order valence-corrected chi connectivity index (χ2v) is 3.18. The predicted molar refractivity (Wildman–Crippen MR) is 57.4 cm³/mol. The van der Waals surface area contributed by atoms with Gasteiger partial charge in [-0.15, -0.1) is 0 Å². The molecule has 1 rings (SSSR count). The first-order valence-electron chi connectivity index (χ1n) is 4.69. The van der Waals surface area contributed by atoms with E-state index in [1.807, 2.05) is 26.8 Å². The van der Waals surface area contributed by atoms with E-state index in [1.54, 1.807) is 0 Å². The summed E-state index contributed by atoms with van der Waals surface area (Å²) >= 11 is 0. The van der Waals surface area contributed by atoms with Gasteiger partial charge in [0.05, 0.1) is 12.2 Å². The largest absolute Gasteiger partial charge is 0.477 e. The van der Waals surface area contributed by atoms with Gasteiger partial charge in [0.15, 0.2) is 5.84 Å². The van der Waals surface area contributed by atoms with Gasteiger partial charge in [-0.25, -0.2) is 4.98 Å². The Morgan fingerprint density at radius 3 is 2.80 bits per heavy atom. The number of hydrogen-bond donors (Lipinski definition) is 2. The van der Waals surface area contributed by atoms with E-state index in [4.69, 9.17) is 15.7 Å². The molecule has 1 aromatic heterocycles. The molecule has 0 aliphatic rings. The van der Waals surface area contributed by atoms with Gasteiger partial charge < -0.3 is 15.7 Å². The summed E-state index contributed by atoms with van der Waals surface area (Å²) in [5, 5.41) is 11.6. The minimum atomic E-state index is 0.0171. The average molecular weight is 209 g/mol. The molecule has 0 saturated carbocycles. The van der Waals surface area contributed by atoms with Crippen LogP contribution < -0.4 is 10.5 Å². The number of amidine groups is 1. The Bertz CT molecular complexity index is 388. The molecule has 0 bridgehead atoms. The highest BCUT2D eigenvalue weighted by Gasteiger charge is 2.13. The minimum Gasteiger partial charge on any atom is -0.477 e. The zero-order valence-electron chi connectivity index (χ0n) is 9.11. The second-order valence-electron chi connectivity index (χ2n) is 3.18. The van der Waals surface area contributed by atoms with Gasteiger partial charge in [-0.1, -0.05) is 5.16 Å². The summed E-state index contributed by atoms with van der Waals surface area (Å²) in [6.45, 7) is 6.08. The quantitative estimate of drug-likeness (QED) is 0.339. The Hall–Kier alpha value is -1.78. The molecule has 15 heavy (non-hydrogen) atoms. The molecule has 0 radical (unpaired) electrons. The third-order valence-corrected chi connectivity index (χ3v) is 1.96. The fourth-order valence-corrected chi connectivity index (χ4v) is 1.41. The number of oxime groups is 1. The summed E-state index contributed by atoms with van der Waals surface area (Å²) in [6, 6.07) is 1.86. The van der Waals surface area contributed by atoms with Crippen molar-refractivity contribution in [3.63, 3.8) is 0 Å². The number of hydrogen-bond acceptors (Lipinski definition) is 4. The lowest BCUT2D eigenvalue weighted by molar-refractivity contribution is 0.314. The molecule has 5 heteroatoms. The van der Waals surface area contributed by atoms with E-state index in [9.17, 15) is 0 Å². The third-order valence-electron chi connectivity index (χ3n) is 1.96. The smallest absolute Gasteiger partial charge is 0.225 e. The monoisotopic (exact) mass is 209 g/mol. The van der Waals surface area contributed by atoms with Crippen molar-refractivity contribution in [3.05, 3.63) is 22.9 Å². The standard InChI is InChI=1S/C10H15N3O2/c1-4-15-10-8(9(11)13-14)6(2)5-7(3)12-10/h5,14H,4H2,1-3H3,(H2,11,13). The fourth-order valence-electron chi connectivity index (χ4n) is 1.41. The molecule has 5 nitrogen and oxygen atoms in total. The van der Waals surface area contributed by atoms with Crippen molar-refractivity contribution in [2.45, 2.75) is 20.8 Å². The van der Waals surface area contributed by atoms with Gasteiger partial charge in [-0.05, 0) is 32.4 Å². The molecule has 3 N–H and O–H groups in total. The van der Waals surface area contributed by atoms with Crippen molar-refractivity contribution in [1.82, 2.24) is 4.98 Å². The summed E-state index contributed by atoms with van der Waals surface area (Å²) < 4.78 is 5.34. The molecule has 0 aliphatic heterocycles. The molecule has 0 amide bonds. The first-order valence-corrected chi connectivity index (χ1v) is 4.69. The molecule has 0 spiro atoms. The van der Waals surface area contributed by atoms with Gasteiger partial charge in [0.2, 0.25) is 5.88 Å². The van der Waals surface area contributed by atoms with Crippen LogP contribution in [0.5, 0.6) is 5.88 Å². The van der Waals surface area contributed by atoms with Crippen LogP contribution >= 0.6 is 0 Å². The van der Waals surface area contributed by atoms with Gasteiger partial charge in [-0.3, -0.25) is 0 Å². The Morgan fingerprint density at radius 1 is 1.60 bits per heavy atom.